The Kier molecular flexibility index (Phi) is 5.89. The minimum Gasteiger partial charge on any atom is -0.372 e. The maximum absolute atomic E-state index is 12.4. The van der Waals surface area contributed by atoms with Crippen LogP contribution in [0.2, 0.25) is 0 Å². The highest BCUT2D eigenvalue weighted by Gasteiger charge is 2.29. The van der Waals surface area contributed by atoms with Crippen LogP contribution in [0.15, 0.2) is 58.4 Å². The van der Waals surface area contributed by atoms with Crippen LogP contribution in [0, 0.1) is 0 Å². The number of benzene rings is 1. The molecule has 0 aliphatic carbocycles. The molecule has 0 spiro atoms. The van der Waals surface area contributed by atoms with Gasteiger partial charge in [-0.3, -0.25) is 14.9 Å². The maximum atomic E-state index is 12.4. The molecule has 4 aromatic rings. The van der Waals surface area contributed by atoms with Crippen LogP contribution in [0.25, 0.3) is 32.0 Å². The number of amides is 2. The van der Waals surface area contributed by atoms with Crippen molar-refractivity contribution in [1.29, 1.82) is 0 Å². The molecule has 1 aromatic carbocycles. The van der Waals surface area contributed by atoms with Crippen molar-refractivity contribution in [2.24, 2.45) is 0 Å². The molecule has 1 aliphatic heterocycles. The quantitative estimate of drug-likeness (QED) is 0.344. The molecule has 34 heavy (non-hydrogen) atoms. The number of rotatable bonds is 7. The van der Waals surface area contributed by atoms with E-state index in [0.717, 1.165) is 45.0 Å². The molecule has 172 valence electrons. The van der Waals surface area contributed by atoms with Crippen LogP contribution in [0.1, 0.15) is 20.8 Å². The van der Waals surface area contributed by atoms with Gasteiger partial charge in [0.25, 0.3) is 11.8 Å². The molecule has 3 aromatic heterocycles. The third-order valence-corrected chi connectivity index (χ3v) is 7.66. The number of nitrogens with one attached hydrogen (secondary N) is 2. The number of carbonyl (C=O) groups is 2. The molecule has 7 nitrogen and oxygen atoms in total. The molecule has 0 atom stereocenters. The predicted octanol–water partition coefficient (Wildman–Crippen LogP) is 5.28. The molecule has 0 saturated carbocycles. The second-order valence-corrected chi connectivity index (χ2v) is 9.64. The molecular formula is C25H23N5O2S2. The van der Waals surface area contributed by atoms with Crippen LogP contribution in [0.3, 0.4) is 0 Å². The molecule has 1 aliphatic rings. The number of carbonyl (C=O) groups excluding carboxylic acids is 2. The Balaban J connectivity index is 1.64. The van der Waals surface area contributed by atoms with E-state index >= 15 is 0 Å². The summed E-state index contributed by atoms with van der Waals surface area (Å²) < 4.78 is 0. The molecule has 0 unspecified atom stereocenters. The Bertz CT molecular complexity index is 1420. The fourth-order valence-electron chi connectivity index (χ4n) is 4.00. The van der Waals surface area contributed by atoms with Gasteiger partial charge in [0.05, 0.1) is 5.39 Å². The molecule has 0 bridgehead atoms. The summed E-state index contributed by atoms with van der Waals surface area (Å²) in [6, 6.07) is 12.2. The van der Waals surface area contributed by atoms with Crippen LogP contribution >= 0.6 is 22.7 Å². The second-order valence-electron chi connectivity index (χ2n) is 7.83. The minimum atomic E-state index is -0.452. The van der Waals surface area contributed by atoms with E-state index in [1.807, 2.05) is 29.6 Å². The highest BCUT2D eigenvalue weighted by atomic mass is 32.1. The Labute approximate surface area is 205 Å². The summed E-state index contributed by atoms with van der Waals surface area (Å²) in [7, 11) is 0. The Morgan fingerprint density at radius 1 is 1.00 bits per heavy atom. The van der Waals surface area contributed by atoms with Crippen LogP contribution in [-0.2, 0) is 9.59 Å². The van der Waals surface area contributed by atoms with Gasteiger partial charge in [-0.15, -0.1) is 22.7 Å². The van der Waals surface area contributed by atoms with Crippen LogP contribution < -0.4 is 15.5 Å². The van der Waals surface area contributed by atoms with Gasteiger partial charge >= 0.3 is 0 Å². The number of aromatic nitrogens is 2. The van der Waals surface area contributed by atoms with Crippen molar-refractivity contribution in [3.05, 3.63) is 58.4 Å². The number of nitrogens with zero attached hydrogens (tertiary/aromatic N) is 3. The highest BCUT2D eigenvalue weighted by molar-refractivity contribution is 7.18. The number of hydrogen-bond acceptors (Lipinski definition) is 8. The molecule has 5 rings (SSSR count). The molecule has 2 N–H and O–H groups in total. The van der Waals surface area contributed by atoms with E-state index in [4.69, 9.17) is 9.97 Å². The molecule has 2 amide bonds. The predicted molar refractivity (Wildman–Crippen MR) is 139 cm³/mol. The van der Waals surface area contributed by atoms with Crippen molar-refractivity contribution < 1.29 is 9.59 Å². The van der Waals surface area contributed by atoms with Crippen molar-refractivity contribution in [3.8, 4) is 21.8 Å². The van der Waals surface area contributed by atoms with E-state index in [-0.39, 0.29) is 5.70 Å². The van der Waals surface area contributed by atoms with Gasteiger partial charge in [0.1, 0.15) is 16.3 Å². The fourth-order valence-corrected chi connectivity index (χ4v) is 5.76. The van der Waals surface area contributed by atoms with E-state index in [2.05, 4.69) is 46.9 Å². The first-order chi connectivity index (χ1) is 16.5. The first-order valence-corrected chi connectivity index (χ1v) is 12.8. The first kappa shape index (κ1) is 22.2. The van der Waals surface area contributed by atoms with Gasteiger partial charge in [0, 0.05) is 45.7 Å². The monoisotopic (exact) mass is 489 g/mol. The Morgan fingerprint density at radius 2 is 1.76 bits per heavy atom. The SMILES string of the molecule is CCN(CC)c1ccc(-c2nc(NC3=C(C)C(=O)NC3=O)c3c(-c4cccs4)csc3n2)cc1. The van der Waals surface area contributed by atoms with Gasteiger partial charge in [-0.25, -0.2) is 9.97 Å². The van der Waals surface area contributed by atoms with Crippen molar-refractivity contribution in [2.75, 3.05) is 23.3 Å². The number of fused-ring (bicyclic) bond motifs is 1. The number of anilines is 2. The van der Waals surface area contributed by atoms with E-state index in [0.29, 0.717) is 17.2 Å². The lowest BCUT2D eigenvalue weighted by Gasteiger charge is -2.21. The summed E-state index contributed by atoms with van der Waals surface area (Å²) in [4.78, 5) is 38.3. The van der Waals surface area contributed by atoms with Gasteiger partial charge < -0.3 is 10.2 Å². The highest BCUT2D eigenvalue weighted by Crippen LogP contribution is 2.40. The lowest BCUT2D eigenvalue weighted by atomic mass is 10.1. The van der Waals surface area contributed by atoms with E-state index in [1.54, 1.807) is 18.3 Å². The smallest absolute Gasteiger partial charge is 0.275 e. The van der Waals surface area contributed by atoms with Gasteiger partial charge in [-0.2, -0.15) is 0 Å². The van der Waals surface area contributed by atoms with Crippen molar-refractivity contribution in [2.45, 2.75) is 20.8 Å². The first-order valence-electron chi connectivity index (χ1n) is 11.0. The standard InChI is InChI=1S/C25H23N5O2S2/c1-4-30(5-2)16-10-8-15(9-11-16)21-27-22(26-20-14(3)23(31)29-24(20)32)19-17(13-34-25(19)28-21)18-7-6-12-33-18/h6-13H,4-5H2,1-3H3,(H2,26,27,28,29,31,32). The van der Waals surface area contributed by atoms with Crippen molar-refractivity contribution in [1.82, 2.24) is 15.3 Å². The molecule has 9 heteroatoms. The molecular weight excluding hydrogens is 466 g/mol. The minimum absolute atomic E-state index is 0.219. The maximum Gasteiger partial charge on any atom is 0.275 e. The molecule has 4 heterocycles. The van der Waals surface area contributed by atoms with Crippen molar-refractivity contribution >= 4 is 56.2 Å². The van der Waals surface area contributed by atoms with Crippen LogP contribution in [0.4, 0.5) is 11.5 Å². The zero-order chi connectivity index (χ0) is 23.8. The summed E-state index contributed by atoms with van der Waals surface area (Å²) in [5, 5.41) is 10.4. The van der Waals surface area contributed by atoms with Gasteiger partial charge in [-0.1, -0.05) is 6.07 Å². The second kappa shape index (κ2) is 9.00. The van der Waals surface area contributed by atoms with Crippen LogP contribution in [0.5, 0.6) is 0 Å². The number of imide groups is 1. The van der Waals surface area contributed by atoms with E-state index in [9.17, 15) is 9.59 Å². The average Bonchev–Trinajstić information content (AvgIpc) is 3.57. The summed E-state index contributed by atoms with van der Waals surface area (Å²) in [6.07, 6.45) is 0. The Morgan fingerprint density at radius 3 is 2.38 bits per heavy atom. The molecule has 0 fully saturated rings. The van der Waals surface area contributed by atoms with E-state index in [1.165, 1.54) is 11.3 Å². The van der Waals surface area contributed by atoms with Gasteiger partial charge in [0.15, 0.2) is 5.82 Å². The lowest BCUT2D eigenvalue weighted by molar-refractivity contribution is -0.124. The zero-order valence-corrected chi connectivity index (χ0v) is 20.6. The average molecular weight is 490 g/mol. The van der Waals surface area contributed by atoms with E-state index < -0.39 is 11.8 Å². The van der Waals surface area contributed by atoms with Gasteiger partial charge in [0.2, 0.25) is 0 Å². The van der Waals surface area contributed by atoms with Crippen LogP contribution in [-0.4, -0.2) is 34.9 Å². The summed E-state index contributed by atoms with van der Waals surface area (Å²) >= 11 is 3.17. The summed E-state index contributed by atoms with van der Waals surface area (Å²) in [5.41, 5.74) is 3.59. The Hall–Kier alpha value is -3.56. The number of thiophene rings is 2. The molecule has 0 radical (unpaired) electrons. The third kappa shape index (κ3) is 3.86. The van der Waals surface area contributed by atoms with Crippen molar-refractivity contribution in [3.63, 3.8) is 0 Å². The zero-order valence-electron chi connectivity index (χ0n) is 19.0. The molecule has 0 saturated heterocycles. The lowest BCUT2D eigenvalue weighted by Crippen LogP contribution is -2.24. The summed E-state index contributed by atoms with van der Waals surface area (Å²) in [5.74, 6) is 0.224. The fraction of sp³-hybridized carbons (Fsp3) is 0.200. The third-order valence-electron chi connectivity index (χ3n) is 5.89. The normalized spacial score (nSPS) is 13.6. The largest absolute Gasteiger partial charge is 0.372 e. The number of hydrogen-bond donors (Lipinski definition) is 2. The topological polar surface area (TPSA) is 87.2 Å². The summed E-state index contributed by atoms with van der Waals surface area (Å²) in [6.45, 7) is 7.76. The van der Waals surface area contributed by atoms with Gasteiger partial charge in [-0.05, 0) is 56.5 Å².